The van der Waals surface area contributed by atoms with Gasteiger partial charge in [-0.3, -0.25) is 10.1 Å². The van der Waals surface area contributed by atoms with Gasteiger partial charge >= 0.3 is 5.97 Å². The molecule has 0 radical (unpaired) electrons. The second-order valence-electron chi connectivity index (χ2n) is 2.96. The smallest absolute Gasteiger partial charge is 0.326 e. The Morgan fingerprint density at radius 2 is 2.60 bits per heavy atom. The molecule has 0 aliphatic heterocycles. The van der Waals surface area contributed by atoms with E-state index in [1.807, 2.05) is 6.92 Å². The van der Waals surface area contributed by atoms with E-state index in [9.17, 15) is 4.79 Å². The van der Waals surface area contributed by atoms with Crippen molar-refractivity contribution in [3.63, 3.8) is 0 Å². The largest absolute Gasteiger partial charge is 0.480 e. The van der Waals surface area contributed by atoms with E-state index in [1.54, 1.807) is 10.9 Å². The quantitative estimate of drug-likeness (QED) is 0.679. The van der Waals surface area contributed by atoms with E-state index < -0.39 is 12.0 Å². The molecule has 0 aromatic carbocycles. The Hall–Kier alpha value is -1.80. The number of carbonyl (C=O) groups is 1. The normalized spacial score (nSPS) is 12.0. The predicted molar refractivity (Wildman–Crippen MR) is 55.1 cm³/mol. The van der Waals surface area contributed by atoms with Crippen LogP contribution in [0.1, 0.15) is 18.7 Å². The summed E-state index contributed by atoms with van der Waals surface area (Å²) in [7, 11) is 0. The van der Waals surface area contributed by atoms with Crippen LogP contribution in [0.15, 0.2) is 12.5 Å². The van der Waals surface area contributed by atoms with Gasteiger partial charge in [0.25, 0.3) is 0 Å². The average Bonchev–Trinajstić information content (AvgIpc) is 2.66. The summed E-state index contributed by atoms with van der Waals surface area (Å²) in [5, 5.41) is 11.8. The molecule has 0 fully saturated rings. The summed E-state index contributed by atoms with van der Waals surface area (Å²) in [6.07, 6.45) is 8.21. The Labute approximate surface area is 88.1 Å². The lowest BCUT2D eigenvalue weighted by Crippen LogP contribution is -2.30. The molecular weight excluding hydrogens is 194 g/mol. The molecule has 0 spiro atoms. The number of aromatic nitrogens is 2. The number of hydrogen-bond donors (Lipinski definition) is 2. The van der Waals surface area contributed by atoms with Crippen LogP contribution in [0.4, 0.5) is 0 Å². The Kier molecular flexibility index (Phi) is 3.89. The highest BCUT2D eigenvalue weighted by Crippen LogP contribution is 2.12. The Bertz CT molecular complexity index is 378. The monoisotopic (exact) mass is 207 g/mol. The zero-order valence-electron chi connectivity index (χ0n) is 8.47. The fourth-order valence-corrected chi connectivity index (χ4v) is 1.31. The minimum Gasteiger partial charge on any atom is -0.480 e. The molecule has 0 bridgehead atoms. The van der Waals surface area contributed by atoms with Crippen molar-refractivity contribution in [3.05, 3.63) is 18.2 Å². The van der Waals surface area contributed by atoms with Gasteiger partial charge in [0.1, 0.15) is 6.04 Å². The molecule has 1 aromatic heterocycles. The first kappa shape index (κ1) is 11.3. The van der Waals surface area contributed by atoms with E-state index in [0.717, 1.165) is 0 Å². The molecule has 0 saturated heterocycles. The lowest BCUT2D eigenvalue weighted by atomic mass is 10.2. The van der Waals surface area contributed by atoms with Crippen LogP contribution < -0.4 is 5.32 Å². The molecule has 1 rings (SSSR count). The summed E-state index contributed by atoms with van der Waals surface area (Å²) >= 11 is 0. The number of nitrogens with zero attached hydrogens (tertiary/aromatic N) is 2. The molecule has 0 amide bonds. The van der Waals surface area contributed by atoms with Gasteiger partial charge in [0.15, 0.2) is 0 Å². The Morgan fingerprint density at radius 1 is 1.87 bits per heavy atom. The second kappa shape index (κ2) is 5.17. The number of hydrogen-bond acceptors (Lipinski definition) is 3. The van der Waals surface area contributed by atoms with Crippen molar-refractivity contribution >= 4 is 5.97 Å². The number of imidazole rings is 1. The SMILES string of the molecule is C#CCNC(C(=O)O)c1cncn1CC. The summed E-state index contributed by atoms with van der Waals surface area (Å²) in [6, 6.07) is -0.802. The topological polar surface area (TPSA) is 67.2 Å². The van der Waals surface area contributed by atoms with Gasteiger partial charge in [0.05, 0.1) is 24.8 Å². The van der Waals surface area contributed by atoms with Gasteiger partial charge in [-0.1, -0.05) is 5.92 Å². The predicted octanol–water partition coefficient (Wildman–Crippen LogP) is 0.251. The average molecular weight is 207 g/mol. The molecule has 5 nitrogen and oxygen atoms in total. The van der Waals surface area contributed by atoms with Crippen molar-refractivity contribution < 1.29 is 9.90 Å². The molecule has 2 N–H and O–H groups in total. The summed E-state index contributed by atoms with van der Waals surface area (Å²) < 4.78 is 1.77. The van der Waals surface area contributed by atoms with Crippen molar-refractivity contribution in [2.45, 2.75) is 19.5 Å². The maximum atomic E-state index is 11.0. The molecule has 15 heavy (non-hydrogen) atoms. The number of rotatable bonds is 5. The van der Waals surface area contributed by atoms with Crippen LogP contribution in [0.5, 0.6) is 0 Å². The molecule has 1 heterocycles. The van der Waals surface area contributed by atoms with E-state index in [2.05, 4.69) is 16.2 Å². The van der Waals surface area contributed by atoms with E-state index >= 15 is 0 Å². The van der Waals surface area contributed by atoms with E-state index in [0.29, 0.717) is 12.2 Å². The van der Waals surface area contributed by atoms with Crippen molar-refractivity contribution in [3.8, 4) is 12.3 Å². The number of terminal acetylenes is 1. The molecule has 1 unspecified atom stereocenters. The molecule has 0 aliphatic rings. The molecule has 0 saturated carbocycles. The number of nitrogens with one attached hydrogen (secondary N) is 1. The van der Waals surface area contributed by atoms with Crippen molar-refractivity contribution in [2.24, 2.45) is 0 Å². The number of carboxylic acid groups (broad SMARTS) is 1. The lowest BCUT2D eigenvalue weighted by Gasteiger charge is -2.14. The number of aryl methyl sites for hydroxylation is 1. The van der Waals surface area contributed by atoms with Crippen LogP contribution in [0.25, 0.3) is 0 Å². The number of aliphatic carboxylic acids is 1. The Morgan fingerprint density at radius 3 is 3.13 bits per heavy atom. The molecule has 80 valence electrons. The van der Waals surface area contributed by atoms with Crippen LogP contribution in [0.3, 0.4) is 0 Å². The van der Waals surface area contributed by atoms with Crippen LogP contribution in [0.2, 0.25) is 0 Å². The van der Waals surface area contributed by atoms with E-state index in [1.165, 1.54) is 6.20 Å². The van der Waals surface area contributed by atoms with Crippen LogP contribution in [-0.4, -0.2) is 27.2 Å². The lowest BCUT2D eigenvalue weighted by molar-refractivity contribution is -0.139. The zero-order valence-corrected chi connectivity index (χ0v) is 8.47. The summed E-state index contributed by atoms with van der Waals surface area (Å²) in [5.41, 5.74) is 0.611. The van der Waals surface area contributed by atoms with Crippen LogP contribution in [-0.2, 0) is 11.3 Å². The number of carboxylic acids is 1. The highest BCUT2D eigenvalue weighted by molar-refractivity contribution is 5.74. The fourth-order valence-electron chi connectivity index (χ4n) is 1.31. The highest BCUT2D eigenvalue weighted by Gasteiger charge is 2.21. The molecule has 5 heteroatoms. The van der Waals surface area contributed by atoms with Crippen molar-refractivity contribution in [2.75, 3.05) is 6.54 Å². The second-order valence-corrected chi connectivity index (χ2v) is 2.96. The summed E-state index contributed by atoms with van der Waals surface area (Å²) in [4.78, 5) is 14.9. The maximum absolute atomic E-state index is 11.0. The van der Waals surface area contributed by atoms with Crippen molar-refractivity contribution in [1.82, 2.24) is 14.9 Å². The van der Waals surface area contributed by atoms with E-state index in [-0.39, 0.29) is 6.54 Å². The minimum atomic E-state index is -0.958. The molecular formula is C10H13N3O2. The van der Waals surface area contributed by atoms with Gasteiger partial charge in [-0.05, 0) is 6.92 Å². The first-order valence-corrected chi connectivity index (χ1v) is 4.60. The van der Waals surface area contributed by atoms with Gasteiger partial charge in [0.2, 0.25) is 0 Å². The zero-order chi connectivity index (χ0) is 11.3. The molecule has 1 aromatic rings. The third kappa shape index (κ3) is 2.58. The molecule has 1 atom stereocenters. The maximum Gasteiger partial charge on any atom is 0.326 e. The molecule has 0 aliphatic carbocycles. The minimum absolute atomic E-state index is 0.214. The third-order valence-electron chi connectivity index (χ3n) is 2.04. The van der Waals surface area contributed by atoms with Gasteiger partial charge in [-0.25, -0.2) is 4.98 Å². The fraction of sp³-hybridized carbons (Fsp3) is 0.400. The summed E-state index contributed by atoms with van der Waals surface area (Å²) in [6.45, 7) is 2.81. The third-order valence-corrected chi connectivity index (χ3v) is 2.04. The van der Waals surface area contributed by atoms with Gasteiger partial charge in [-0.15, -0.1) is 6.42 Å². The highest BCUT2D eigenvalue weighted by atomic mass is 16.4. The van der Waals surface area contributed by atoms with Crippen molar-refractivity contribution in [1.29, 1.82) is 0 Å². The Balaban J connectivity index is 2.89. The van der Waals surface area contributed by atoms with Gasteiger partial charge < -0.3 is 9.67 Å². The van der Waals surface area contributed by atoms with Crippen LogP contribution in [0, 0.1) is 12.3 Å². The standard InChI is InChI=1S/C10H13N3O2/c1-3-5-12-9(10(14)15)8-6-11-7-13(8)4-2/h1,6-7,9,12H,4-5H2,2H3,(H,14,15). The van der Waals surface area contributed by atoms with Gasteiger partial charge in [-0.2, -0.15) is 0 Å². The van der Waals surface area contributed by atoms with Crippen LogP contribution >= 0.6 is 0 Å². The van der Waals surface area contributed by atoms with Gasteiger partial charge in [0, 0.05) is 6.54 Å². The first-order chi connectivity index (χ1) is 7.20. The van der Waals surface area contributed by atoms with E-state index in [4.69, 9.17) is 11.5 Å². The first-order valence-electron chi connectivity index (χ1n) is 4.60. The summed E-state index contributed by atoms with van der Waals surface area (Å²) in [5.74, 6) is 1.39.